The maximum absolute atomic E-state index is 2.42. The van der Waals surface area contributed by atoms with Crippen LogP contribution < -0.4 is 0 Å². The summed E-state index contributed by atoms with van der Waals surface area (Å²) < 4.78 is 2.42. The van der Waals surface area contributed by atoms with Gasteiger partial charge in [-0.2, -0.15) is 0 Å². The average molecular weight is 774 g/mol. The average Bonchev–Trinajstić information content (AvgIpc) is 3.84. The number of fused-ring (bicyclic) bond motifs is 10. The molecule has 2 unspecified atom stereocenters. The molecule has 0 aliphatic heterocycles. The number of rotatable bonds is 5. The minimum atomic E-state index is -0.575. The van der Waals surface area contributed by atoms with Crippen LogP contribution in [0, 0.1) is 0 Å². The second-order valence-electron chi connectivity index (χ2n) is 16.7. The molecule has 0 fully saturated rings. The number of hydrogen-bond donors (Lipinski definition) is 0. The quantitative estimate of drug-likeness (QED) is 0.164. The SMILES string of the molecule is c1ccc(-n2c3ccc(-c4ccc(C5(c6ccccc6)c6ccccc6C6(c7ccccc7)c7ccccc7-c7cccc5c76)cc4)cc3c3c4ccccc4ccc32)cc1. The van der Waals surface area contributed by atoms with Gasteiger partial charge in [-0.15, -0.1) is 0 Å². The lowest BCUT2D eigenvalue weighted by molar-refractivity contribution is 0.627. The third kappa shape index (κ3) is 4.50. The Hall–Kier alpha value is -7.74. The van der Waals surface area contributed by atoms with E-state index in [0.29, 0.717) is 0 Å². The van der Waals surface area contributed by atoms with Gasteiger partial charge < -0.3 is 4.57 Å². The highest BCUT2D eigenvalue weighted by Crippen LogP contribution is 2.65. The normalized spacial score (nSPS) is 17.3. The topological polar surface area (TPSA) is 4.93 Å². The highest BCUT2D eigenvalue weighted by Gasteiger charge is 2.57. The molecular formula is C60H39N. The Morgan fingerprint density at radius 2 is 0.852 bits per heavy atom. The van der Waals surface area contributed by atoms with Gasteiger partial charge >= 0.3 is 0 Å². The van der Waals surface area contributed by atoms with Gasteiger partial charge in [0.25, 0.3) is 0 Å². The van der Waals surface area contributed by atoms with Gasteiger partial charge in [-0.1, -0.05) is 206 Å². The number of aromatic nitrogens is 1. The van der Waals surface area contributed by atoms with Crippen LogP contribution in [0.5, 0.6) is 0 Å². The first kappa shape index (κ1) is 34.2. The van der Waals surface area contributed by atoms with E-state index in [9.17, 15) is 0 Å². The third-order valence-electron chi connectivity index (χ3n) is 13.9. The van der Waals surface area contributed by atoms with E-state index in [0.717, 1.165) is 0 Å². The number of para-hydroxylation sites is 1. The van der Waals surface area contributed by atoms with Gasteiger partial charge in [0.15, 0.2) is 0 Å². The summed E-state index contributed by atoms with van der Waals surface area (Å²) >= 11 is 0. The van der Waals surface area contributed by atoms with Crippen molar-refractivity contribution < 1.29 is 0 Å². The Balaban J connectivity index is 1.06. The lowest BCUT2D eigenvalue weighted by Crippen LogP contribution is -2.44. The van der Waals surface area contributed by atoms with Crippen molar-refractivity contribution in [1.29, 1.82) is 0 Å². The number of nitrogens with zero attached hydrogens (tertiary/aromatic N) is 1. The first-order valence-corrected chi connectivity index (χ1v) is 21.3. The molecule has 284 valence electrons. The van der Waals surface area contributed by atoms with E-state index in [4.69, 9.17) is 0 Å². The number of benzene rings is 10. The van der Waals surface area contributed by atoms with Crippen molar-refractivity contribution >= 4 is 32.6 Å². The monoisotopic (exact) mass is 773 g/mol. The standard InChI is InChI=1S/C60H39N/c1-4-18-43(19-5-1)59(52-28-14-15-29-53(52)60(44-20-6-2-7-21-44)51-27-13-12-25-48(51)49-26-16-30-54(59)58(49)60)45-35-31-40(32-36-45)42-34-37-55-50(39-42)57-47-24-11-10-17-41(47)33-38-56(57)61(55)46-22-8-3-9-23-46/h1-39H. The van der Waals surface area contributed by atoms with Crippen LogP contribution >= 0.6 is 0 Å². The fourth-order valence-electron chi connectivity index (χ4n) is 11.6. The van der Waals surface area contributed by atoms with E-state index in [2.05, 4.69) is 241 Å². The van der Waals surface area contributed by atoms with Gasteiger partial charge in [-0.3, -0.25) is 0 Å². The zero-order valence-corrected chi connectivity index (χ0v) is 33.5. The molecule has 2 atom stereocenters. The van der Waals surface area contributed by atoms with Crippen LogP contribution in [0.3, 0.4) is 0 Å². The van der Waals surface area contributed by atoms with Crippen molar-refractivity contribution in [2.75, 3.05) is 0 Å². The highest BCUT2D eigenvalue weighted by atomic mass is 15.0. The van der Waals surface area contributed by atoms with Crippen LogP contribution in [-0.2, 0) is 10.8 Å². The van der Waals surface area contributed by atoms with Gasteiger partial charge in [-0.05, 0) is 108 Å². The second kappa shape index (κ2) is 12.9. The predicted octanol–water partition coefficient (Wildman–Crippen LogP) is 14.7. The lowest BCUT2D eigenvalue weighted by Gasteiger charge is -2.49. The van der Waals surface area contributed by atoms with Crippen molar-refractivity contribution in [3.8, 4) is 27.9 Å². The second-order valence-corrected chi connectivity index (χ2v) is 16.7. The summed E-state index contributed by atoms with van der Waals surface area (Å²) in [4.78, 5) is 0. The molecule has 1 heterocycles. The van der Waals surface area contributed by atoms with E-state index in [1.807, 2.05) is 0 Å². The fraction of sp³-hybridized carbons (Fsp3) is 0.0333. The van der Waals surface area contributed by atoms with Crippen LogP contribution in [0.4, 0.5) is 0 Å². The smallest absolute Gasteiger partial charge is 0.0720 e. The molecule has 0 spiro atoms. The van der Waals surface area contributed by atoms with Crippen LogP contribution in [0.2, 0.25) is 0 Å². The zero-order valence-electron chi connectivity index (χ0n) is 33.5. The maximum Gasteiger partial charge on any atom is 0.0720 e. The molecule has 1 heteroatoms. The molecule has 0 bridgehead atoms. The van der Waals surface area contributed by atoms with Gasteiger partial charge in [0, 0.05) is 16.5 Å². The molecule has 10 aromatic carbocycles. The minimum Gasteiger partial charge on any atom is -0.309 e. The zero-order chi connectivity index (χ0) is 40.1. The molecule has 1 aromatic heterocycles. The van der Waals surface area contributed by atoms with Crippen LogP contribution in [0.1, 0.15) is 44.5 Å². The molecule has 0 saturated heterocycles. The summed E-state index contributed by atoms with van der Waals surface area (Å²) in [6.07, 6.45) is 0. The van der Waals surface area contributed by atoms with Gasteiger partial charge in [0.05, 0.1) is 21.9 Å². The molecule has 0 saturated carbocycles. The maximum atomic E-state index is 2.42. The van der Waals surface area contributed by atoms with Crippen LogP contribution in [0.25, 0.3) is 60.5 Å². The molecule has 2 aliphatic carbocycles. The molecule has 2 aliphatic rings. The molecule has 61 heavy (non-hydrogen) atoms. The Kier molecular flexibility index (Phi) is 7.21. The Bertz CT molecular complexity index is 3510. The van der Waals surface area contributed by atoms with Crippen molar-refractivity contribution in [3.05, 3.63) is 281 Å². The van der Waals surface area contributed by atoms with Gasteiger partial charge in [0.1, 0.15) is 0 Å². The highest BCUT2D eigenvalue weighted by molar-refractivity contribution is 6.22. The third-order valence-corrected chi connectivity index (χ3v) is 13.9. The van der Waals surface area contributed by atoms with Gasteiger partial charge in [-0.25, -0.2) is 0 Å². The van der Waals surface area contributed by atoms with Crippen LogP contribution in [0.15, 0.2) is 237 Å². The van der Waals surface area contributed by atoms with Crippen molar-refractivity contribution in [3.63, 3.8) is 0 Å². The molecule has 11 aromatic rings. The molecular weight excluding hydrogens is 735 g/mol. The first-order valence-electron chi connectivity index (χ1n) is 21.3. The van der Waals surface area contributed by atoms with E-state index >= 15 is 0 Å². The lowest BCUT2D eigenvalue weighted by atomic mass is 9.51. The summed E-state index contributed by atoms with van der Waals surface area (Å²) in [5, 5.41) is 5.08. The number of hydrogen-bond acceptors (Lipinski definition) is 0. The summed E-state index contributed by atoms with van der Waals surface area (Å²) in [7, 11) is 0. The van der Waals surface area contributed by atoms with Gasteiger partial charge in [0.2, 0.25) is 0 Å². The predicted molar refractivity (Wildman–Crippen MR) is 253 cm³/mol. The van der Waals surface area contributed by atoms with E-state index in [1.165, 1.54) is 105 Å². The fourth-order valence-corrected chi connectivity index (χ4v) is 11.6. The summed E-state index contributed by atoms with van der Waals surface area (Å²) in [5.74, 6) is 0. The largest absolute Gasteiger partial charge is 0.309 e. The molecule has 13 rings (SSSR count). The van der Waals surface area contributed by atoms with Crippen molar-refractivity contribution in [1.82, 2.24) is 4.57 Å². The van der Waals surface area contributed by atoms with Crippen molar-refractivity contribution in [2.24, 2.45) is 0 Å². The Labute approximate surface area is 355 Å². The van der Waals surface area contributed by atoms with E-state index in [-0.39, 0.29) is 0 Å². The first-order chi connectivity index (χ1) is 30.3. The van der Waals surface area contributed by atoms with Crippen LogP contribution in [-0.4, -0.2) is 4.57 Å². The van der Waals surface area contributed by atoms with E-state index < -0.39 is 10.8 Å². The summed E-state index contributed by atoms with van der Waals surface area (Å²) in [6.45, 7) is 0. The molecule has 0 amide bonds. The minimum absolute atomic E-state index is 0.461. The molecule has 0 radical (unpaired) electrons. The Morgan fingerprint density at radius 3 is 1.61 bits per heavy atom. The summed E-state index contributed by atoms with van der Waals surface area (Å²) in [6, 6.07) is 88.5. The summed E-state index contributed by atoms with van der Waals surface area (Å²) in [5.41, 5.74) is 18.2. The Morgan fingerprint density at radius 1 is 0.311 bits per heavy atom. The molecule has 0 N–H and O–H groups in total. The van der Waals surface area contributed by atoms with Crippen molar-refractivity contribution in [2.45, 2.75) is 10.8 Å². The molecule has 1 nitrogen and oxygen atoms in total. The van der Waals surface area contributed by atoms with E-state index in [1.54, 1.807) is 0 Å².